The highest BCUT2D eigenvalue weighted by molar-refractivity contribution is 7.99. The lowest BCUT2D eigenvalue weighted by Crippen LogP contribution is -2.37. The van der Waals surface area contributed by atoms with Crippen LogP contribution in [0.1, 0.15) is 11.1 Å². The Labute approximate surface area is 150 Å². The molecule has 0 saturated heterocycles. The molecule has 0 atom stereocenters. The van der Waals surface area contributed by atoms with Crippen LogP contribution < -0.4 is 0 Å². The molecule has 1 aliphatic rings. The van der Waals surface area contributed by atoms with Gasteiger partial charge in [0.05, 0.1) is 11.4 Å². The summed E-state index contributed by atoms with van der Waals surface area (Å²) >= 11 is 1.38. The summed E-state index contributed by atoms with van der Waals surface area (Å²) in [7, 11) is 0. The van der Waals surface area contributed by atoms with E-state index in [1.165, 1.54) is 22.9 Å². The van der Waals surface area contributed by atoms with Crippen molar-refractivity contribution in [3.63, 3.8) is 0 Å². The van der Waals surface area contributed by atoms with E-state index in [0.29, 0.717) is 17.5 Å². The van der Waals surface area contributed by atoms with Crippen molar-refractivity contribution >= 4 is 17.7 Å². The van der Waals surface area contributed by atoms with Crippen molar-refractivity contribution in [1.29, 1.82) is 0 Å². The van der Waals surface area contributed by atoms with Gasteiger partial charge in [0, 0.05) is 13.1 Å². The summed E-state index contributed by atoms with van der Waals surface area (Å²) in [5.74, 6) is 0.497. The first-order valence-corrected chi connectivity index (χ1v) is 9.22. The standard InChI is InChI=1S/C19H18N4OS/c24-18(22-11-10-15-6-4-5-7-16(15)12-22)13-25-19-20-14-23(21-19)17-8-2-1-3-9-17/h1-9,14H,10-13H2. The van der Waals surface area contributed by atoms with E-state index in [2.05, 4.69) is 28.3 Å². The minimum atomic E-state index is 0.135. The van der Waals surface area contributed by atoms with Gasteiger partial charge in [0.25, 0.3) is 0 Å². The van der Waals surface area contributed by atoms with Crippen molar-refractivity contribution in [3.8, 4) is 5.69 Å². The van der Waals surface area contributed by atoms with Crippen molar-refractivity contribution in [3.05, 3.63) is 72.1 Å². The summed E-state index contributed by atoms with van der Waals surface area (Å²) in [4.78, 5) is 18.7. The van der Waals surface area contributed by atoms with E-state index in [9.17, 15) is 4.79 Å². The second-order valence-corrected chi connectivity index (χ2v) is 6.87. The van der Waals surface area contributed by atoms with Gasteiger partial charge < -0.3 is 4.90 Å². The number of hydrogen-bond acceptors (Lipinski definition) is 4. The Balaban J connectivity index is 1.36. The minimum Gasteiger partial charge on any atom is -0.337 e. The summed E-state index contributed by atoms with van der Waals surface area (Å²) in [5.41, 5.74) is 3.56. The van der Waals surface area contributed by atoms with Crippen LogP contribution in [0.3, 0.4) is 0 Å². The molecule has 25 heavy (non-hydrogen) atoms. The Morgan fingerprint density at radius 3 is 2.64 bits per heavy atom. The number of aromatic nitrogens is 3. The fourth-order valence-corrected chi connectivity index (χ4v) is 3.65. The van der Waals surface area contributed by atoms with Crippen LogP contribution in [-0.4, -0.2) is 37.9 Å². The highest BCUT2D eigenvalue weighted by Gasteiger charge is 2.20. The highest BCUT2D eigenvalue weighted by atomic mass is 32.2. The fraction of sp³-hybridized carbons (Fsp3) is 0.211. The molecule has 1 aromatic heterocycles. The summed E-state index contributed by atoms with van der Waals surface area (Å²) in [6.45, 7) is 1.48. The zero-order valence-corrected chi connectivity index (χ0v) is 14.5. The van der Waals surface area contributed by atoms with Crippen LogP contribution in [0, 0.1) is 0 Å². The average Bonchev–Trinajstić information content (AvgIpc) is 3.15. The van der Waals surface area contributed by atoms with E-state index >= 15 is 0 Å². The number of benzene rings is 2. The molecule has 2 aromatic carbocycles. The maximum absolute atomic E-state index is 12.5. The van der Waals surface area contributed by atoms with Gasteiger partial charge in [-0.25, -0.2) is 9.67 Å². The van der Waals surface area contributed by atoms with E-state index in [1.54, 1.807) is 11.0 Å². The van der Waals surface area contributed by atoms with Gasteiger partial charge in [0.2, 0.25) is 11.1 Å². The van der Waals surface area contributed by atoms with Crippen molar-refractivity contribution < 1.29 is 4.79 Å². The number of carbonyl (C=O) groups is 1. The van der Waals surface area contributed by atoms with Gasteiger partial charge in [-0.15, -0.1) is 5.10 Å². The van der Waals surface area contributed by atoms with E-state index in [0.717, 1.165) is 18.7 Å². The van der Waals surface area contributed by atoms with Crippen molar-refractivity contribution in [2.75, 3.05) is 12.3 Å². The predicted octanol–water partition coefficient (Wildman–Crippen LogP) is 2.94. The van der Waals surface area contributed by atoms with Crippen LogP contribution in [0.5, 0.6) is 0 Å². The topological polar surface area (TPSA) is 51.0 Å². The minimum absolute atomic E-state index is 0.135. The SMILES string of the molecule is O=C(CSc1ncn(-c2ccccc2)n1)N1CCc2ccccc2C1. The monoisotopic (exact) mass is 350 g/mol. The summed E-state index contributed by atoms with van der Waals surface area (Å²) < 4.78 is 1.73. The number of thioether (sulfide) groups is 1. The lowest BCUT2D eigenvalue weighted by molar-refractivity contribution is -0.129. The van der Waals surface area contributed by atoms with Crippen LogP contribution in [0.25, 0.3) is 5.69 Å². The zero-order valence-electron chi connectivity index (χ0n) is 13.7. The van der Waals surface area contributed by atoms with Gasteiger partial charge >= 0.3 is 0 Å². The molecule has 0 fully saturated rings. The van der Waals surface area contributed by atoms with Gasteiger partial charge in [-0.3, -0.25) is 4.79 Å². The maximum atomic E-state index is 12.5. The van der Waals surface area contributed by atoms with Gasteiger partial charge in [-0.2, -0.15) is 0 Å². The molecule has 3 aromatic rings. The third-order valence-corrected chi connectivity index (χ3v) is 5.14. The van der Waals surface area contributed by atoms with Gasteiger partial charge in [-0.1, -0.05) is 54.2 Å². The molecule has 0 spiro atoms. The molecule has 2 heterocycles. The second kappa shape index (κ2) is 7.11. The lowest BCUT2D eigenvalue weighted by Gasteiger charge is -2.28. The maximum Gasteiger partial charge on any atom is 0.233 e. The predicted molar refractivity (Wildman–Crippen MR) is 97.6 cm³/mol. The Kier molecular flexibility index (Phi) is 4.52. The average molecular weight is 350 g/mol. The van der Waals surface area contributed by atoms with Crippen LogP contribution in [0.15, 0.2) is 66.1 Å². The number of nitrogens with zero attached hydrogens (tertiary/aromatic N) is 4. The van der Waals surface area contributed by atoms with E-state index < -0.39 is 0 Å². The molecule has 4 rings (SSSR count). The van der Waals surface area contributed by atoms with Crippen LogP contribution in [-0.2, 0) is 17.8 Å². The number of fused-ring (bicyclic) bond motifs is 1. The molecule has 5 nitrogen and oxygen atoms in total. The second-order valence-electron chi connectivity index (χ2n) is 5.93. The number of carbonyl (C=O) groups excluding carboxylic acids is 1. The molecule has 0 aliphatic carbocycles. The summed E-state index contributed by atoms with van der Waals surface area (Å²) in [6.07, 6.45) is 2.60. The molecule has 6 heteroatoms. The third-order valence-electron chi connectivity index (χ3n) is 4.30. The Bertz CT molecular complexity index is 878. The summed E-state index contributed by atoms with van der Waals surface area (Å²) in [5, 5.41) is 5.05. The normalized spacial score (nSPS) is 13.5. The molecular weight excluding hydrogens is 332 g/mol. The highest BCUT2D eigenvalue weighted by Crippen LogP contribution is 2.20. The molecular formula is C19H18N4OS. The van der Waals surface area contributed by atoms with E-state index in [-0.39, 0.29) is 5.91 Å². The van der Waals surface area contributed by atoms with Crippen molar-refractivity contribution in [2.24, 2.45) is 0 Å². The first-order valence-electron chi connectivity index (χ1n) is 8.24. The lowest BCUT2D eigenvalue weighted by atomic mass is 10.00. The third kappa shape index (κ3) is 3.58. The molecule has 0 N–H and O–H groups in total. The Morgan fingerprint density at radius 2 is 1.80 bits per heavy atom. The van der Waals surface area contributed by atoms with Gasteiger partial charge in [0.1, 0.15) is 6.33 Å². The van der Waals surface area contributed by atoms with Gasteiger partial charge in [-0.05, 0) is 29.7 Å². The van der Waals surface area contributed by atoms with Gasteiger partial charge in [0.15, 0.2) is 0 Å². The molecule has 1 amide bonds. The Hall–Kier alpha value is -2.60. The molecule has 0 bridgehead atoms. The van der Waals surface area contributed by atoms with Crippen molar-refractivity contribution in [1.82, 2.24) is 19.7 Å². The Morgan fingerprint density at radius 1 is 1.04 bits per heavy atom. The van der Waals surface area contributed by atoms with Crippen LogP contribution in [0.4, 0.5) is 0 Å². The molecule has 1 aliphatic heterocycles. The number of amides is 1. The fourth-order valence-electron chi connectivity index (χ4n) is 2.95. The first kappa shape index (κ1) is 15.9. The smallest absolute Gasteiger partial charge is 0.233 e. The molecule has 126 valence electrons. The van der Waals surface area contributed by atoms with Crippen molar-refractivity contribution in [2.45, 2.75) is 18.1 Å². The largest absolute Gasteiger partial charge is 0.337 e. The first-order chi connectivity index (χ1) is 12.3. The molecule has 0 saturated carbocycles. The number of para-hydroxylation sites is 1. The number of rotatable bonds is 4. The molecule has 0 unspecified atom stereocenters. The number of hydrogen-bond donors (Lipinski definition) is 0. The summed E-state index contributed by atoms with van der Waals surface area (Å²) in [6, 6.07) is 18.2. The quantitative estimate of drug-likeness (QED) is 0.679. The van der Waals surface area contributed by atoms with Crippen LogP contribution >= 0.6 is 11.8 Å². The molecule has 0 radical (unpaired) electrons. The van der Waals surface area contributed by atoms with E-state index in [1.807, 2.05) is 41.3 Å². The zero-order chi connectivity index (χ0) is 17.1. The van der Waals surface area contributed by atoms with Crippen LogP contribution in [0.2, 0.25) is 0 Å². The van der Waals surface area contributed by atoms with E-state index in [4.69, 9.17) is 0 Å².